The Morgan fingerprint density at radius 2 is 1.70 bits per heavy atom. The zero-order valence-electron chi connectivity index (χ0n) is 16.6. The Hall–Kier alpha value is -3.80. The monoisotopic (exact) mass is 398 g/mol. The van der Waals surface area contributed by atoms with E-state index < -0.39 is 0 Å². The van der Waals surface area contributed by atoms with Crippen LogP contribution in [0.1, 0.15) is 24.1 Å². The molecule has 0 saturated carbocycles. The fourth-order valence-corrected chi connectivity index (χ4v) is 3.53. The quantitative estimate of drug-likeness (QED) is 0.469. The second-order valence-electron chi connectivity index (χ2n) is 7.23. The minimum Gasteiger partial charge on any atom is -0.454 e. The van der Waals surface area contributed by atoms with Gasteiger partial charge in [-0.05, 0) is 42.3 Å². The molecule has 2 heterocycles. The molecule has 0 amide bonds. The summed E-state index contributed by atoms with van der Waals surface area (Å²) in [6.45, 7) is 2.99. The summed E-state index contributed by atoms with van der Waals surface area (Å²) in [6.07, 6.45) is 0. The highest BCUT2D eigenvalue weighted by molar-refractivity contribution is 5.90. The van der Waals surface area contributed by atoms with Crippen LogP contribution in [0, 0.1) is 0 Å². The fourth-order valence-electron chi connectivity index (χ4n) is 3.53. The molecule has 1 aliphatic heterocycles. The number of fused-ring (bicyclic) bond motifs is 2. The number of ether oxygens (including phenoxy) is 2. The summed E-state index contributed by atoms with van der Waals surface area (Å²) < 4.78 is 10.8. The molecule has 1 atom stereocenters. The van der Waals surface area contributed by atoms with E-state index in [1.807, 2.05) is 60.7 Å². The van der Waals surface area contributed by atoms with E-state index in [4.69, 9.17) is 14.5 Å². The van der Waals surface area contributed by atoms with Gasteiger partial charge in [0.05, 0.1) is 5.52 Å². The number of hydrogen-bond donors (Lipinski definition) is 2. The average molecular weight is 398 g/mol. The van der Waals surface area contributed by atoms with Gasteiger partial charge in [0.2, 0.25) is 12.7 Å². The third kappa shape index (κ3) is 3.72. The molecule has 0 spiro atoms. The van der Waals surface area contributed by atoms with E-state index in [9.17, 15) is 0 Å². The van der Waals surface area contributed by atoms with Crippen LogP contribution in [0.25, 0.3) is 10.9 Å². The minimum absolute atomic E-state index is 0.117. The van der Waals surface area contributed by atoms with Crippen molar-refractivity contribution in [3.8, 4) is 11.5 Å². The van der Waals surface area contributed by atoms with Crippen molar-refractivity contribution in [2.75, 3.05) is 17.4 Å². The number of aromatic nitrogens is 2. The molecule has 150 valence electrons. The highest BCUT2D eigenvalue weighted by Gasteiger charge is 2.14. The maximum atomic E-state index is 5.46. The van der Waals surface area contributed by atoms with Crippen molar-refractivity contribution in [3.63, 3.8) is 0 Å². The van der Waals surface area contributed by atoms with E-state index in [-0.39, 0.29) is 12.8 Å². The van der Waals surface area contributed by atoms with Crippen LogP contribution >= 0.6 is 0 Å². The van der Waals surface area contributed by atoms with E-state index in [0.29, 0.717) is 12.5 Å². The van der Waals surface area contributed by atoms with Gasteiger partial charge in [0.1, 0.15) is 5.82 Å². The van der Waals surface area contributed by atoms with Gasteiger partial charge in [-0.15, -0.1) is 0 Å². The van der Waals surface area contributed by atoms with Crippen molar-refractivity contribution < 1.29 is 9.47 Å². The second kappa shape index (κ2) is 7.91. The van der Waals surface area contributed by atoms with Crippen LogP contribution in [0.2, 0.25) is 0 Å². The highest BCUT2D eigenvalue weighted by Crippen LogP contribution is 2.33. The van der Waals surface area contributed by atoms with Gasteiger partial charge in [-0.3, -0.25) is 0 Å². The Bertz CT molecular complexity index is 1180. The average Bonchev–Trinajstić information content (AvgIpc) is 3.26. The lowest BCUT2D eigenvalue weighted by Gasteiger charge is -2.17. The van der Waals surface area contributed by atoms with E-state index >= 15 is 0 Å². The maximum Gasteiger partial charge on any atom is 0.231 e. The highest BCUT2D eigenvalue weighted by atomic mass is 16.7. The van der Waals surface area contributed by atoms with Crippen LogP contribution in [0.4, 0.5) is 11.8 Å². The van der Waals surface area contributed by atoms with Crippen LogP contribution in [-0.4, -0.2) is 16.8 Å². The standard InChI is InChI=1S/C24H22N4O2/c1-16(18-7-3-2-4-8-18)26-23-19-9-5-6-10-20(19)27-24(28-23)25-14-17-11-12-21-22(13-17)30-15-29-21/h2-13,16H,14-15H2,1H3,(H2,25,26,27,28). The molecule has 2 N–H and O–H groups in total. The van der Waals surface area contributed by atoms with Crippen LogP contribution in [0.15, 0.2) is 72.8 Å². The van der Waals surface area contributed by atoms with Crippen LogP contribution in [0.3, 0.4) is 0 Å². The lowest BCUT2D eigenvalue weighted by atomic mass is 10.1. The summed E-state index contributed by atoms with van der Waals surface area (Å²) in [5.74, 6) is 2.94. The molecule has 6 nitrogen and oxygen atoms in total. The van der Waals surface area contributed by atoms with Gasteiger partial charge in [-0.1, -0.05) is 48.5 Å². The molecular weight excluding hydrogens is 376 g/mol. The van der Waals surface area contributed by atoms with E-state index in [1.165, 1.54) is 5.56 Å². The fraction of sp³-hybridized carbons (Fsp3) is 0.167. The Balaban J connectivity index is 1.40. The first kappa shape index (κ1) is 18.2. The number of para-hydroxylation sites is 1. The molecule has 6 heteroatoms. The van der Waals surface area contributed by atoms with E-state index in [1.54, 1.807) is 0 Å². The molecule has 0 radical (unpaired) electrons. The van der Waals surface area contributed by atoms with Crippen molar-refractivity contribution in [2.24, 2.45) is 0 Å². The van der Waals surface area contributed by atoms with E-state index in [0.717, 1.165) is 33.8 Å². The Labute approximate surface area is 174 Å². The lowest BCUT2D eigenvalue weighted by molar-refractivity contribution is 0.174. The van der Waals surface area contributed by atoms with Gasteiger partial charge >= 0.3 is 0 Å². The summed E-state index contributed by atoms with van der Waals surface area (Å²) >= 11 is 0. The molecule has 1 aliphatic rings. The van der Waals surface area contributed by atoms with Gasteiger partial charge in [-0.2, -0.15) is 4.98 Å². The molecule has 1 aromatic heterocycles. The molecule has 4 aromatic rings. The van der Waals surface area contributed by atoms with Crippen LogP contribution in [0.5, 0.6) is 11.5 Å². The third-order valence-electron chi connectivity index (χ3n) is 5.14. The Morgan fingerprint density at radius 1 is 0.900 bits per heavy atom. The van der Waals surface area contributed by atoms with Crippen LogP contribution < -0.4 is 20.1 Å². The normalized spacial score (nSPS) is 13.2. The summed E-state index contributed by atoms with van der Waals surface area (Å²) in [5.41, 5.74) is 3.17. The summed E-state index contributed by atoms with van der Waals surface area (Å²) in [6, 6.07) is 24.4. The van der Waals surface area contributed by atoms with Crippen molar-refractivity contribution >= 4 is 22.7 Å². The van der Waals surface area contributed by atoms with Crippen molar-refractivity contribution in [2.45, 2.75) is 19.5 Å². The molecule has 3 aromatic carbocycles. The van der Waals surface area contributed by atoms with Gasteiger partial charge in [0.25, 0.3) is 0 Å². The van der Waals surface area contributed by atoms with Crippen molar-refractivity contribution in [3.05, 3.63) is 83.9 Å². The molecule has 0 aliphatic carbocycles. The Morgan fingerprint density at radius 3 is 2.60 bits per heavy atom. The molecular formula is C24H22N4O2. The summed E-state index contributed by atoms with van der Waals surface area (Å²) in [7, 11) is 0. The maximum absolute atomic E-state index is 5.46. The van der Waals surface area contributed by atoms with Gasteiger partial charge in [0.15, 0.2) is 11.5 Å². The third-order valence-corrected chi connectivity index (χ3v) is 5.14. The van der Waals surface area contributed by atoms with Gasteiger partial charge in [0, 0.05) is 18.0 Å². The molecule has 1 unspecified atom stereocenters. The van der Waals surface area contributed by atoms with Crippen molar-refractivity contribution in [1.82, 2.24) is 9.97 Å². The summed E-state index contributed by atoms with van der Waals surface area (Å²) in [4.78, 5) is 9.45. The first-order valence-corrected chi connectivity index (χ1v) is 9.97. The van der Waals surface area contributed by atoms with Crippen LogP contribution in [-0.2, 0) is 6.54 Å². The zero-order chi connectivity index (χ0) is 20.3. The van der Waals surface area contributed by atoms with Gasteiger partial charge in [-0.25, -0.2) is 4.98 Å². The van der Waals surface area contributed by atoms with Gasteiger partial charge < -0.3 is 20.1 Å². The molecule has 0 bridgehead atoms. The summed E-state index contributed by atoms with van der Waals surface area (Å²) in [5, 5.41) is 7.88. The largest absolute Gasteiger partial charge is 0.454 e. The molecule has 5 rings (SSSR count). The topological polar surface area (TPSA) is 68.3 Å². The molecule has 0 saturated heterocycles. The number of nitrogens with one attached hydrogen (secondary N) is 2. The number of anilines is 2. The number of nitrogens with zero attached hydrogens (tertiary/aromatic N) is 2. The zero-order valence-corrected chi connectivity index (χ0v) is 16.6. The smallest absolute Gasteiger partial charge is 0.231 e. The first-order chi connectivity index (χ1) is 14.8. The number of hydrogen-bond acceptors (Lipinski definition) is 6. The molecule has 0 fully saturated rings. The number of rotatable bonds is 6. The Kier molecular flexibility index (Phi) is 4.81. The van der Waals surface area contributed by atoms with Crippen molar-refractivity contribution in [1.29, 1.82) is 0 Å². The predicted molar refractivity (Wildman–Crippen MR) is 118 cm³/mol. The first-order valence-electron chi connectivity index (χ1n) is 9.97. The predicted octanol–water partition coefficient (Wildman–Crippen LogP) is 5.14. The number of benzene rings is 3. The minimum atomic E-state index is 0.117. The SMILES string of the molecule is CC(Nc1nc(NCc2ccc3c(c2)OCO3)nc2ccccc12)c1ccccc1. The second-order valence-corrected chi connectivity index (χ2v) is 7.23. The lowest BCUT2D eigenvalue weighted by Crippen LogP contribution is -2.11. The van der Waals surface area contributed by atoms with E-state index in [2.05, 4.69) is 34.7 Å². The molecule has 30 heavy (non-hydrogen) atoms.